The highest BCUT2D eigenvalue weighted by atomic mass is 35.5. The van der Waals surface area contributed by atoms with Crippen LogP contribution in [0.3, 0.4) is 0 Å². The molecule has 1 saturated carbocycles. The maximum absolute atomic E-state index is 11.5. The van der Waals surface area contributed by atoms with Crippen LogP contribution in [0, 0.1) is 11.8 Å². The molecule has 6 heteroatoms. The molecule has 0 bridgehead atoms. The summed E-state index contributed by atoms with van der Waals surface area (Å²) in [4.78, 5) is 0. The summed E-state index contributed by atoms with van der Waals surface area (Å²) >= 11 is 0. The molecule has 1 unspecified atom stereocenters. The minimum atomic E-state index is -2.98. The van der Waals surface area contributed by atoms with Crippen molar-refractivity contribution in [3.8, 4) is 0 Å². The first-order valence-corrected chi connectivity index (χ1v) is 6.99. The second kappa shape index (κ2) is 5.48. The molecule has 0 amide bonds. The average molecular weight is 255 g/mol. The van der Waals surface area contributed by atoms with Crippen LogP contribution in [0.1, 0.15) is 19.3 Å². The maximum atomic E-state index is 11.5. The summed E-state index contributed by atoms with van der Waals surface area (Å²) in [6.45, 7) is 2.59. The van der Waals surface area contributed by atoms with E-state index in [2.05, 4.69) is 10.0 Å². The lowest BCUT2D eigenvalue weighted by molar-refractivity contribution is 0.536. The van der Waals surface area contributed by atoms with Gasteiger partial charge in [0.25, 0.3) is 0 Å². The van der Waals surface area contributed by atoms with Crippen LogP contribution in [0.4, 0.5) is 0 Å². The standard InChI is InChI=1S/C9H18N2O2S.ClH/c12-14(13,7-8-1-2-8)11-6-9-3-4-10-5-9;/h8-11H,1-7H2;1H. The minimum absolute atomic E-state index is 0. The lowest BCUT2D eigenvalue weighted by Crippen LogP contribution is -2.32. The summed E-state index contributed by atoms with van der Waals surface area (Å²) in [7, 11) is -2.98. The SMILES string of the molecule is Cl.O=S(=O)(CC1CC1)NCC1CCNC1. The Labute approximate surface area is 97.7 Å². The van der Waals surface area contributed by atoms with Gasteiger partial charge >= 0.3 is 0 Å². The van der Waals surface area contributed by atoms with Gasteiger partial charge in [-0.15, -0.1) is 12.4 Å². The first kappa shape index (κ1) is 13.2. The number of nitrogens with one attached hydrogen (secondary N) is 2. The van der Waals surface area contributed by atoms with Gasteiger partial charge in [0.15, 0.2) is 0 Å². The smallest absolute Gasteiger partial charge is 0.211 e. The van der Waals surface area contributed by atoms with E-state index in [1.807, 2.05) is 0 Å². The van der Waals surface area contributed by atoms with Gasteiger partial charge < -0.3 is 5.32 Å². The molecule has 1 aliphatic heterocycles. The van der Waals surface area contributed by atoms with Gasteiger partial charge in [-0.25, -0.2) is 13.1 Å². The van der Waals surface area contributed by atoms with E-state index in [0.29, 0.717) is 24.1 Å². The van der Waals surface area contributed by atoms with Crippen molar-refractivity contribution in [3.05, 3.63) is 0 Å². The van der Waals surface area contributed by atoms with Crippen LogP contribution in [-0.4, -0.2) is 33.8 Å². The number of halogens is 1. The van der Waals surface area contributed by atoms with E-state index < -0.39 is 10.0 Å². The average Bonchev–Trinajstić information content (AvgIpc) is 2.78. The molecule has 90 valence electrons. The van der Waals surface area contributed by atoms with Crippen LogP contribution < -0.4 is 10.0 Å². The van der Waals surface area contributed by atoms with Gasteiger partial charge in [-0.2, -0.15) is 0 Å². The maximum Gasteiger partial charge on any atom is 0.211 e. The molecular weight excluding hydrogens is 236 g/mol. The Morgan fingerprint density at radius 1 is 1.20 bits per heavy atom. The van der Waals surface area contributed by atoms with Crippen molar-refractivity contribution in [2.24, 2.45) is 11.8 Å². The zero-order valence-electron chi connectivity index (χ0n) is 8.74. The van der Waals surface area contributed by atoms with Crippen LogP contribution in [0.15, 0.2) is 0 Å². The van der Waals surface area contributed by atoms with Gasteiger partial charge in [0, 0.05) is 6.54 Å². The molecule has 1 atom stereocenters. The third-order valence-corrected chi connectivity index (χ3v) is 4.42. The molecule has 4 nitrogen and oxygen atoms in total. The van der Waals surface area contributed by atoms with E-state index >= 15 is 0 Å². The highest BCUT2D eigenvalue weighted by molar-refractivity contribution is 7.89. The Bertz CT molecular complexity index is 284. The molecule has 1 aliphatic carbocycles. The van der Waals surface area contributed by atoms with Crippen molar-refractivity contribution < 1.29 is 8.42 Å². The van der Waals surface area contributed by atoms with Gasteiger partial charge in [-0.3, -0.25) is 0 Å². The first-order valence-electron chi connectivity index (χ1n) is 5.34. The number of hydrogen-bond donors (Lipinski definition) is 2. The minimum Gasteiger partial charge on any atom is -0.316 e. The molecule has 0 radical (unpaired) electrons. The predicted octanol–water partition coefficient (Wildman–Crippen LogP) is 0.347. The van der Waals surface area contributed by atoms with Crippen molar-refractivity contribution in [2.75, 3.05) is 25.4 Å². The molecule has 0 aromatic heterocycles. The van der Waals surface area contributed by atoms with E-state index in [-0.39, 0.29) is 12.4 Å². The second-order valence-electron chi connectivity index (χ2n) is 4.43. The zero-order valence-corrected chi connectivity index (χ0v) is 10.4. The topological polar surface area (TPSA) is 58.2 Å². The fraction of sp³-hybridized carbons (Fsp3) is 1.00. The molecule has 15 heavy (non-hydrogen) atoms. The fourth-order valence-electron chi connectivity index (χ4n) is 1.79. The lowest BCUT2D eigenvalue weighted by atomic mass is 10.1. The Balaban J connectivity index is 0.00000112. The molecule has 2 fully saturated rings. The Morgan fingerprint density at radius 3 is 2.47 bits per heavy atom. The van der Waals surface area contributed by atoms with Crippen molar-refractivity contribution in [1.29, 1.82) is 0 Å². The molecule has 0 spiro atoms. The number of sulfonamides is 1. The highest BCUT2D eigenvalue weighted by Crippen LogP contribution is 2.29. The molecule has 1 saturated heterocycles. The molecule has 1 heterocycles. The predicted molar refractivity (Wildman–Crippen MR) is 62.7 cm³/mol. The summed E-state index contributed by atoms with van der Waals surface area (Å²) in [5.41, 5.74) is 0. The van der Waals surface area contributed by atoms with Crippen molar-refractivity contribution >= 4 is 22.4 Å². The lowest BCUT2D eigenvalue weighted by Gasteiger charge is -2.10. The molecule has 2 aliphatic rings. The van der Waals surface area contributed by atoms with Crippen LogP contribution in [0.5, 0.6) is 0 Å². The van der Waals surface area contributed by atoms with E-state index in [1.165, 1.54) is 0 Å². The van der Waals surface area contributed by atoms with Gasteiger partial charge in [0.1, 0.15) is 0 Å². The van der Waals surface area contributed by atoms with Gasteiger partial charge in [0.05, 0.1) is 5.75 Å². The van der Waals surface area contributed by atoms with Gasteiger partial charge in [-0.05, 0) is 44.2 Å². The third kappa shape index (κ3) is 4.68. The summed E-state index contributed by atoms with van der Waals surface area (Å²) in [6.07, 6.45) is 3.27. The van der Waals surface area contributed by atoms with Crippen LogP contribution in [0.2, 0.25) is 0 Å². The van der Waals surface area contributed by atoms with Gasteiger partial charge in [0.2, 0.25) is 10.0 Å². The third-order valence-electron chi connectivity index (χ3n) is 2.91. The van der Waals surface area contributed by atoms with Crippen LogP contribution >= 0.6 is 12.4 Å². The Kier molecular flexibility index (Phi) is 4.83. The second-order valence-corrected chi connectivity index (χ2v) is 6.28. The highest BCUT2D eigenvalue weighted by Gasteiger charge is 2.28. The van der Waals surface area contributed by atoms with E-state index in [1.54, 1.807) is 0 Å². The van der Waals surface area contributed by atoms with Crippen LogP contribution in [-0.2, 0) is 10.0 Å². The summed E-state index contributed by atoms with van der Waals surface area (Å²) in [5.74, 6) is 1.27. The van der Waals surface area contributed by atoms with Crippen molar-refractivity contribution in [2.45, 2.75) is 19.3 Å². The van der Waals surface area contributed by atoms with Crippen LogP contribution in [0.25, 0.3) is 0 Å². The van der Waals surface area contributed by atoms with E-state index in [9.17, 15) is 8.42 Å². The first-order chi connectivity index (χ1) is 6.66. The van der Waals surface area contributed by atoms with E-state index in [0.717, 1.165) is 32.4 Å². The normalized spacial score (nSPS) is 26.3. The Morgan fingerprint density at radius 2 is 1.93 bits per heavy atom. The van der Waals surface area contributed by atoms with E-state index in [4.69, 9.17) is 0 Å². The zero-order chi connectivity index (χ0) is 10.0. The molecule has 0 aromatic carbocycles. The quantitative estimate of drug-likeness (QED) is 0.744. The largest absolute Gasteiger partial charge is 0.316 e. The number of rotatable bonds is 5. The molecule has 0 aromatic rings. The van der Waals surface area contributed by atoms with Crippen molar-refractivity contribution in [3.63, 3.8) is 0 Å². The molecular formula is C9H19ClN2O2S. The van der Waals surface area contributed by atoms with Gasteiger partial charge in [-0.1, -0.05) is 0 Å². The summed E-state index contributed by atoms with van der Waals surface area (Å²) in [5, 5.41) is 3.23. The Hall–Kier alpha value is 0.160. The fourth-order valence-corrected chi connectivity index (χ4v) is 3.35. The van der Waals surface area contributed by atoms with Crippen molar-refractivity contribution in [1.82, 2.24) is 10.0 Å². The molecule has 2 N–H and O–H groups in total. The summed E-state index contributed by atoms with van der Waals surface area (Å²) < 4.78 is 25.7. The monoisotopic (exact) mass is 254 g/mol. The summed E-state index contributed by atoms with van der Waals surface area (Å²) in [6, 6.07) is 0. The number of hydrogen-bond acceptors (Lipinski definition) is 3. The molecule has 2 rings (SSSR count).